The first kappa shape index (κ1) is 36.4. The van der Waals surface area contributed by atoms with Crippen molar-refractivity contribution in [2.24, 2.45) is 0 Å². The number of hydrogen-bond acceptors (Lipinski definition) is 6. The zero-order chi connectivity index (χ0) is 33.6. The number of anilines is 2. The highest BCUT2D eigenvalue weighted by Gasteiger charge is 2.09. The Hall–Kier alpha value is -5.90. The molecule has 0 atom stereocenters. The van der Waals surface area contributed by atoms with Crippen LogP contribution in [0.1, 0.15) is 27.7 Å². The van der Waals surface area contributed by atoms with Gasteiger partial charge in [0.1, 0.15) is 0 Å². The molecule has 4 aromatic carbocycles. The molecule has 0 amide bonds. The summed E-state index contributed by atoms with van der Waals surface area (Å²) >= 11 is 0. The van der Waals surface area contributed by atoms with Gasteiger partial charge in [-0.25, -0.2) is 19.9 Å². The normalized spacial score (nSPS) is 10.8. The highest BCUT2D eigenvalue weighted by molar-refractivity contribution is 5.81. The molecule has 0 spiro atoms. The lowest BCUT2D eigenvalue weighted by atomic mass is 10.1. The van der Waals surface area contributed by atoms with Crippen LogP contribution in [0.3, 0.4) is 0 Å². The Labute approximate surface area is 297 Å². The maximum Gasteiger partial charge on any atom is 0.235 e. The van der Waals surface area contributed by atoms with Crippen LogP contribution in [0.2, 0.25) is 0 Å². The van der Waals surface area contributed by atoms with E-state index >= 15 is 0 Å². The first-order chi connectivity index (χ1) is 24.1. The molecule has 0 aliphatic rings. The number of imidazole rings is 2. The van der Waals surface area contributed by atoms with Crippen LogP contribution in [0.5, 0.6) is 0 Å². The van der Waals surface area contributed by atoms with Crippen molar-refractivity contribution < 1.29 is 8.78 Å². The second-order valence-electron chi connectivity index (χ2n) is 11.7. The van der Waals surface area contributed by atoms with Crippen LogP contribution in [0, 0.1) is 0 Å². The van der Waals surface area contributed by atoms with Gasteiger partial charge in [-0.3, -0.25) is 17.6 Å². The second kappa shape index (κ2) is 16.7. The predicted octanol–water partition coefficient (Wildman–Crippen LogP) is 9.94. The van der Waals surface area contributed by atoms with E-state index in [0.717, 1.165) is 56.0 Å². The van der Waals surface area contributed by atoms with Crippen LogP contribution in [-0.4, -0.2) is 62.2 Å². The van der Waals surface area contributed by atoms with Crippen molar-refractivity contribution >= 4 is 45.0 Å². The highest BCUT2D eigenvalue weighted by atomic mass is 19.1. The summed E-state index contributed by atoms with van der Waals surface area (Å²) in [5.74, 6) is 1.39. The van der Waals surface area contributed by atoms with Gasteiger partial charge in [-0.1, -0.05) is 63.4 Å². The van der Waals surface area contributed by atoms with E-state index in [1.54, 1.807) is 0 Å². The summed E-state index contributed by atoms with van der Waals surface area (Å²) in [4.78, 5) is 20.6. The summed E-state index contributed by atoms with van der Waals surface area (Å²) in [5.41, 5.74) is 9.89. The second-order valence-corrected chi connectivity index (χ2v) is 11.7. The van der Waals surface area contributed by atoms with E-state index in [0.29, 0.717) is 37.5 Å². The van der Waals surface area contributed by atoms with Crippen LogP contribution in [0.4, 0.5) is 20.2 Å². The number of nitrogens with zero attached hydrogens (tertiary/aromatic N) is 7. The first-order valence-corrected chi connectivity index (χ1v) is 16.4. The van der Waals surface area contributed by atoms with Crippen LogP contribution in [-0.2, 0) is 0 Å². The number of benzene rings is 4. The van der Waals surface area contributed by atoms with Crippen LogP contribution in [0.25, 0.3) is 56.1 Å². The van der Waals surface area contributed by atoms with Gasteiger partial charge in [0.2, 0.25) is 11.6 Å². The molecule has 0 radical (unpaired) electrons. The van der Waals surface area contributed by atoms with Crippen molar-refractivity contribution in [2.45, 2.75) is 27.7 Å². The Balaban J connectivity index is 0.000000190. The van der Waals surface area contributed by atoms with Gasteiger partial charge in [0, 0.05) is 55.0 Å². The molecule has 0 saturated heterocycles. The Morgan fingerprint density at radius 1 is 0.588 bits per heavy atom. The minimum absolute atomic E-state index is 0. The predicted molar refractivity (Wildman–Crippen MR) is 208 cm³/mol. The Morgan fingerprint density at radius 2 is 1.08 bits per heavy atom. The van der Waals surface area contributed by atoms with Gasteiger partial charge in [0.25, 0.3) is 0 Å². The monoisotopic (exact) mass is 686 g/mol. The molecule has 0 unspecified atom stereocenters. The van der Waals surface area contributed by atoms with E-state index in [1.807, 2.05) is 137 Å². The fourth-order valence-electron chi connectivity index (χ4n) is 5.79. The SMILES string of the molecule is C.C.CN(CCCF)c1ccc(-c2ccn3c(n2)nc2ccccc23)cc1.FCCCNc1ccc(-c2ccn3c(n2)nc2ccccc23)cc1. The molecule has 8 rings (SSSR count). The molecule has 10 heteroatoms. The fourth-order valence-corrected chi connectivity index (χ4v) is 5.79. The molecule has 0 fully saturated rings. The third-order valence-corrected chi connectivity index (χ3v) is 8.41. The number of rotatable bonds is 10. The summed E-state index contributed by atoms with van der Waals surface area (Å²) < 4.78 is 28.4. The van der Waals surface area contributed by atoms with Crippen LogP contribution >= 0.6 is 0 Å². The lowest BCUT2D eigenvalue weighted by Crippen LogP contribution is -2.18. The highest BCUT2D eigenvalue weighted by Crippen LogP contribution is 2.24. The lowest BCUT2D eigenvalue weighted by molar-refractivity contribution is 0.474. The van der Waals surface area contributed by atoms with Crippen molar-refractivity contribution in [2.75, 3.05) is 43.7 Å². The quantitative estimate of drug-likeness (QED) is 0.144. The molecule has 51 heavy (non-hydrogen) atoms. The molecule has 4 aromatic heterocycles. The topological polar surface area (TPSA) is 75.7 Å². The molecular formula is C41H44F2N8. The summed E-state index contributed by atoms with van der Waals surface area (Å²) in [6, 6.07) is 36.2. The number of para-hydroxylation sites is 4. The van der Waals surface area contributed by atoms with Gasteiger partial charge in [-0.05, 0) is 73.5 Å². The summed E-state index contributed by atoms with van der Waals surface area (Å²) in [6.07, 6.45) is 5.08. The smallest absolute Gasteiger partial charge is 0.235 e. The van der Waals surface area contributed by atoms with Crippen molar-refractivity contribution in [3.8, 4) is 22.5 Å². The van der Waals surface area contributed by atoms with E-state index < -0.39 is 0 Å². The third-order valence-electron chi connectivity index (χ3n) is 8.41. The fraction of sp³-hybridized carbons (Fsp3) is 0.220. The summed E-state index contributed by atoms with van der Waals surface area (Å²) in [6.45, 7) is 0.764. The molecule has 0 aliphatic heterocycles. The molecule has 262 valence electrons. The summed E-state index contributed by atoms with van der Waals surface area (Å²) in [7, 11) is 1.98. The first-order valence-electron chi connectivity index (χ1n) is 16.4. The Bertz CT molecular complexity index is 2310. The van der Waals surface area contributed by atoms with Crippen molar-refractivity contribution in [3.63, 3.8) is 0 Å². The lowest BCUT2D eigenvalue weighted by Gasteiger charge is -2.18. The van der Waals surface area contributed by atoms with E-state index in [2.05, 4.69) is 25.2 Å². The number of fused-ring (bicyclic) bond motifs is 6. The van der Waals surface area contributed by atoms with E-state index in [1.165, 1.54) is 0 Å². The maximum atomic E-state index is 12.3. The van der Waals surface area contributed by atoms with Gasteiger partial charge in [-0.2, -0.15) is 0 Å². The Morgan fingerprint density at radius 3 is 1.59 bits per heavy atom. The minimum Gasteiger partial charge on any atom is -0.385 e. The largest absolute Gasteiger partial charge is 0.385 e. The molecule has 0 bridgehead atoms. The number of alkyl halides is 2. The summed E-state index contributed by atoms with van der Waals surface area (Å²) in [5, 5.41) is 3.19. The van der Waals surface area contributed by atoms with E-state index in [-0.39, 0.29) is 28.2 Å². The van der Waals surface area contributed by atoms with Gasteiger partial charge < -0.3 is 10.2 Å². The maximum absolute atomic E-state index is 12.3. The number of aromatic nitrogens is 6. The van der Waals surface area contributed by atoms with Crippen molar-refractivity contribution in [1.82, 2.24) is 28.7 Å². The average molecular weight is 687 g/mol. The number of halogens is 2. The molecule has 0 aliphatic carbocycles. The standard InChI is InChI=1S/C20H19FN4.C19H17FN4.2CH4/c1-24(13-4-12-21)16-9-7-15(8-10-16)17-11-14-25-19-6-3-2-5-18(19)23-20(25)22-17;20-11-3-12-21-15-8-6-14(7-9-15)16-10-13-24-18-5-2-1-4-17(18)23-19(24)22-16;;/h2-3,5-11,14H,4,12-13H2,1H3;1-2,4-10,13,21H,3,11-12H2;2*1H4. The molecular weight excluding hydrogens is 643 g/mol. The minimum atomic E-state index is -0.298. The number of nitrogens with one attached hydrogen (secondary N) is 1. The van der Waals surface area contributed by atoms with Gasteiger partial charge in [-0.15, -0.1) is 0 Å². The zero-order valence-electron chi connectivity index (χ0n) is 27.2. The molecule has 1 N–H and O–H groups in total. The van der Waals surface area contributed by atoms with Crippen LogP contribution < -0.4 is 10.2 Å². The molecule has 0 saturated carbocycles. The zero-order valence-corrected chi connectivity index (χ0v) is 27.2. The van der Waals surface area contributed by atoms with Crippen molar-refractivity contribution in [3.05, 3.63) is 122 Å². The van der Waals surface area contributed by atoms with Crippen LogP contribution in [0.15, 0.2) is 122 Å². The average Bonchev–Trinajstić information content (AvgIpc) is 3.72. The molecule has 8 aromatic rings. The van der Waals surface area contributed by atoms with E-state index in [4.69, 9.17) is 4.98 Å². The molecule has 4 heterocycles. The van der Waals surface area contributed by atoms with Gasteiger partial charge in [0.05, 0.1) is 46.8 Å². The third kappa shape index (κ3) is 7.96. The Kier molecular flexibility index (Phi) is 11.9. The van der Waals surface area contributed by atoms with Crippen molar-refractivity contribution in [1.29, 1.82) is 0 Å². The van der Waals surface area contributed by atoms with Gasteiger partial charge in [0.15, 0.2) is 0 Å². The van der Waals surface area contributed by atoms with Gasteiger partial charge >= 0.3 is 0 Å². The molecule has 8 nitrogen and oxygen atoms in total. The number of hydrogen-bond donors (Lipinski definition) is 1. The van der Waals surface area contributed by atoms with E-state index in [9.17, 15) is 8.78 Å².